The van der Waals surface area contributed by atoms with Crippen LogP contribution in [0.1, 0.15) is 0 Å². The van der Waals surface area contributed by atoms with Crippen LogP contribution in [0.4, 0.5) is 4.39 Å². The number of aromatic nitrogens is 2. The number of hydrogen-bond acceptors (Lipinski definition) is 5. The Bertz CT molecular complexity index is 1560. The summed E-state index contributed by atoms with van der Waals surface area (Å²) in [5, 5.41) is 0.777. The molecule has 0 saturated carbocycles. The monoisotopic (exact) mass is 468 g/mol. The van der Waals surface area contributed by atoms with Gasteiger partial charge in [-0.3, -0.25) is 14.3 Å². The molecule has 174 valence electrons. The standard InChI is InChI=1S/C28H21FN2O4/c1-33-26-16-23-24(17-27(26)34-2)30-14-13-25(23)35-21-11-5-18(6-12-21)22-4-3-15-31(28(22)32)20-9-7-19(29)8-10-20/h3-17H,1-2H3. The van der Waals surface area contributed by atoms with Crippen molar-refractivity contribution in [2.45, 2.75) is 0 Å². The number of nitrogens with zero attached hydrogens (tertiary/aromatic N) is 2. The molecule has 0 aliphatic rings. The number of ether oxygens (including phenoxy) is 3. The van der Waals surface area contributed by atoms with Crippen LogP contribution in [0.15, 0.2) is 96.1 Å². The Hall–Kier alpha value is -4.65. The van der Waals surface area contributed by atoms with E-state index in [4.69, 9.17) is 14.2 Å². The summed E-state index contributed by atoms with van der Waals surface area (Å²) in [7, 11) is 3.15. The third kappa shape index (κ3) is 4.31. The molecule has 0 aliphatic heterocycles. The predicted octanol–water partition coefficient (Wildman–Crippen LogP) is 6.00. The van der Waals surface area contributed by atoms with Crippen molar-refractivity contribution in [2.75, 3.05) is 14.2 Å². The van der Waals surface area contributed by atoms with E-state index in [2.05, 4.69) is 4.98 Å². The Morgan fingerprint density at radius 1 is 0.829 bits per heavy atom. The fraction of sp³-hybridized carbons (Fsp3) is 0.0714. The first-order chi connectivity index (χ1) is 17.1. The zero-order chi connectivity index (χ0) is 24.4. The lowest BCUT2D eigenvalue weighted by Gasteiger charge is -2.13. The maximum Gasteiger partial charge on any atom is 0.262 e. The number of rotatable bonds is 6. The Morgan fingerprint density at radius 2 is 1.54 bits per heavy atom. The smallest absolute Gasteiger partial charge is 0.262 e. The summed E-state index contributed by atoms with van der Waals surface area (Å²) in [6.07, 6.45) is 3.33. The van der Waals surface area contributed by atoms with Crippen molar-refractivity contribution in [2.24, 2.45) is 0 Å². The van der Waals surface area contributed by atoms with Gasteiger partial charge in [-0.05, 0) is 66.2 Å². The number of hydrogen-bond donors (Lipinski definition) is 0. The first kappa shape index (κ1) is 22.2. The van der Waals surface area contributed by atoms with E-state index in [0.717, 1.165) is 10.9 Å². The molecule has 2 aromatic heterocycles. The molecule has 0 spiro atoms. The third-order valence-electron chi connectivity index (χ3n) is 5.65. The van der Waals surface area contributed by atoms with Crippen LogP contribution in [0.5, 0.6) is 23.0 Å². The fourth-order valence-corrected chi connectivity index (χ4v) is 3.88. The molecule has 5 aromatic rings. The van der Waals surface area contributed by atoms with Crippen LogP contribution in [0.2, 0.25) is 0 Å². The summed E-state index contributed by atoms with van der Waals surface area (Å²) >= 11 is 0. The second-order valence-corrected chi connectivity index (χ2v) is 7.73. The second-order valence-electron chi connectivity index (χ2n) is 7.73. The topological polar surface area (TPSA) is 62.6 Å². The maximum absolute atomic E-state index is 13.3. The molecule has 6 nitrogen and oxygen atoms in total. The molecule has 0 aliphatic carbocycles. The third-order valence-corrected chi connectivity index (χ3v) is 5.65. The lowest BCUT2D eigenvalue weighted by Crippen LogP contribution is -2.19. The van der Waals surface area contributed by atoms with Gasteiger partial charge in [-0.2, -0.15) is 0 Å². The highest BCUT2D eigenvalue weighted by molar-refractivity contribution is 5.88. The van der Waals surface area contributed by atoms with E-state index in [9.17, 15) is 9.18 Å². The lowest BCUT2D eigenvalue weighted by molar-refractivity contribution is 0.355. The van der Waals surface area contributed by atoms with Gasteiger partial charge in [0, 0.05) is 35.1 Å². The minimum Gasteiger partial charge on any atom is -0.493 e. The number of methoxy groups -OCH3 is 2. The normalized spacial score (nSPS) is 10.8. The van der Waals surface area contributed by atoms with Gasteiger partial charge in [-0.1, -0.05) is 12.1 Å². The highest BCUT2D eigenvalue weighted by Crippen LogP contribution is 2.37. The molecule has 7 heteroatoms. The SMILES string of the molecule is COc1cc2nccc(Oc3ccc(-c4cccn(-c5ccc(F)cc5)c4=O)cc3)c2cc1OC. The summed E-state index contributed by atoms with van der Waals surface area (Å²) in [6.45, 7) is 0. The number of pyridine rings is 2. The molecule has 0 saturated heterocycles. The minimum atomic E-state index is -0.354. The van der Waals surface area contributed by atoms with Crippen LogP contribution < -0.4 is 19.8 Å². The molecule has 0 atom stereocenters. The summed E-state index contributed by atoms with van der Waals surface area (Å²) in [5.41, 5.74) is 2.37. The molecule has 0 amide bonds. The van der Waals surface area contributed by atoms with Crippen molar-refractivity contribution in [3.8, 4) is 39.8 Å². The molecule has 35 heavy (non-hydrogen) atoms. The summed E-state index contributed by atoms with van der Waals surface area (Å²) in [6, 6.07) is 22.0. The highest BCUT2D eigenvalue weighted by atomic mass is 19.1. The second kappa shape index (κ2) is 9.30. The van der Waals surface area contributed by atoms with Gasteiger partial charge in [0.05, 0.1) is 19.7 Å². The quantitative estimate of drug-likeness (QED) is 0.306. The molecule has 0 bridgehead atoms. The summed E-state index contributed by atoms with van der Waals surface area (Å²) in [4.78, 5) is 17.5. The molecule has 5 rings (SSSR count). The van der Waals surface area contributed by atoms with Crippen molar-refractivity contribution < 1.29 is 18.6 Å². The van der Waals surface area contributed by atoms with Crippen molar-refractivity contribution in [1.82, 2.24) is 9.55 Å². The first-order valence-corrected chi connectivity index (χ1v) is 10.8. The first-order valence-electron chi connectivity index (χ1n) is 10.8. The number of benzene rings is 3. The van der Waals surface area contributed by atoms with E-state index in [1.165, 1.54) is 16.7 Å². The van der Waals surface area contributed by atoms with E-state index in [1.807, 2.05) is 18.2 Å². The van der Waals surface area contributed by atoms with Crippen LogP contribution in [0.3, 0.4) is 0 Å². The van der Waals surface area contributed by atoms with E-state index in [0.29, 0.717) is 39.8 Å². The predicted molar refractivity (Wildman–Crippen MR) is 132 cm³/mol. The zero-order valence-electron chi connectivity index (χ0n) is 19.1. The number of halogens is 1. The van der Waals surface area contributed by atoms with Crippen LogP contribution in [-0.4, -0.2) is 23.8 Å². The molecular weight excluding hydrogens is 447 g/mol. The zero-order valence-corrected chi connectivity index (χ0v) is 19.1. The van der Waals surface area contributed by atoms with Gasteiger partial charge in [0.1, 0.15) is 17.3 Å². The van der Waals surface area contributed by atoms with E-state index < -0.39 is 0 Å². The Kier molecular flexibility index (Phi) is 5.89. The van der Waals surface area contributed by atoms with Gasteiger partial charge in [-0.25, -0.2) is 4.39 Å². The Labute approximate surface area is 200 Å². The van der Waals surface area contributed by atoms with Crippen molar-refractivity contribution in [1.29, 1.82) is 0 Å². The van der Waals surface area contributed by atoms with Crippen molar-refractivity contribution >= 4 is 10.9 Å². The van der Waals surface area contributed by atoms with Gasteiger partial charge >= 0.3 is 0 Å². The van der Waals surface area contributed by atoms with Crippen molar-refractivity contribution in [3.05, 3.63) is 107 Å². The summed E-state index contributed by atoms with van der Waals surface area (Å²) in [5.74, 6) is 2.03. The van der Waals surface area contributed by atoms with Gasteiger partial charge in [0.15, 0.2) is 11.5 Å². The Morgan fingerprint density at radius 3 is 2.26 bits per heavy atom. The van der Waals surface area contributed by atoms with Crippen LogP contribution in [-0.2, 0) is 0 Å². The molecule has 0 fully saturated rings. The molecule has 3 aromatic carbocycles. The molecule has 0 N–H and O–H groups in total. The molecule has 0 unspecified atom stereocenters. The minimum absolute atomic E-state index is 0.200. The van der Waals surface area contributed by atoms with Crippen LogP contribution in [0.25, 0.3) is 27.7 Å². The van der Waals surface area contributed by atoms with Crippen molar-refractivity contribution in [3.63, 3.8) is 0 Å². The van der Waals surface area contributed by atoms with Gasteiger partial charge in [-0.15, -0.1) is 0 Å². The fourth-order valence-electron chi connectivity index (χ4n) is 3.88. The van der Waals surface area contributed by atoms with Gasteiger partial charge in [0.25, 0.3) is 5.56 Å². The van der Waals surface area contributed by atoms with Gasteiger partial charge < -0.3 is 14.2 Å². The van der Waals surface area contributed by atoms with E-state index in [1.54, 1.807) is 75.1 Å². The highest BCUT2D eigenvalue weighted by Gasteiger charge is 2.12. The molecular formula is C28H21FN2O4. The van der Waals surface area contributed by atoms with E-state index >= 15 is 0 Å². The summed E-state index contributed by atoms with van der Waals surface area (Å²) < 4.78 is 31.7. The largest absolute Gasteiger partial charge is 0.493 e. The average Bonchev–Trinajstić information content (AvgIpc) is 2.89. The molecule has 0 radical (unpaired) electrons. The van der Waals surface area contributed by atoms with Crippen LogP contribution in [0, 0.1) is 5.82 Å². The lowest BCUT2D eigenvalue weighted by atomic mass is 10.1. The number of fused-ring (bicyclic) bond motifs is 1. The average molecular weight is 468 g/mol. The maximum atomic E-state index is 13.3. The van der Waals surface area contributed by atoms with E-state index in [-0.39, 0.29) is 11.4 Å². The molecule has 2 heterocycles. The van der Waals surface area contributed by atoms with Gasteiger partial charge in [0.2, 0.25) is 0 Å². The van der Waals surface area contributed by atoms with Crippen LogP contribution >= 0.6 is 0 Å². The Balaban J connectivity index is 1.46.